The van der Waals surface area contributed by atoms with Crippen LogP contribution >= 0.6 is 7.92 Å². The third-order valence-electron chi connectivity index (χ3n) is 8.85. The molecule has 0 aliphatic heterocycles. The van der Waals surface area contributed by atoms with Crippen molar-refractivity contribution < 1.29 is 114 Å². The summed E-state index contributed by atoms with van der Waals surface area (Å²) in [6, 6.07) is 8.58. The van der Waals surface area contributed by atoms with Crippen LogP contribution in [0.5, 0.6) is 0 Å². The summed E-state index contributed by atoms with van der Waals surface area (Å²) in [6.45, 7) is 0. The summed E-state index contributed by atoms with van der Waals surface area (Å²) in [4.78, 5) is 0. The summed E-state index contributed by atoms with van der Waals surface area (Å²) in [6.07, 6.45) is -52.3. The number of rotatable bonds is 11. The van der Waals surface area contributed by atoms with E-state index in [0.717, 1.165) is 0 Å². The van der Waals surface area contributed by atoms with E-state index < -0.39 is 103 Å². The summed E-state index contributed by atoms with van der Waals surface area (Å²) in [5.41, 5.74) is -17.5. The topological polar surface area (TPSA) is 0 Å². The number of alkyl halides is 26. The van der Waals surface area contributed by atoms with Crippen molar-refractivity contribution in [2.24, 2.45) is 10.8 Å². The predicted octanol–water partition coefficient (Wildman–Crippen LogP) is 12.4. The van der Waals surface area contributed by atoms with Crippen LogP contribution in [0.3, 0.4) is 0 Å². The van der Waals surface area contributed by atoms with Gasteiger partial charge >= 0.3 is 60.7 Å². The Kier molecular flexibility index (Phi) is 12.6. The molecule has 27 heteroatoms. The van der Waals surface area contributed by atoms with Gasteiger partial charge in [0.2, 0.25) is 10.8 Å². The Morgan fingerprint density at radius 1 is 0.271 bits per heavy atom. The molecule has 0 unspecified atom stereocenters. The lowest BCUT2D eigenvalue weighted by molar-refractivity contribution is -0.460. The first-order valence-electron chi connectivity index (χ1n) is 15.1. The Bertz CT molecular complexity index is 1730. The Morgan fingerprint density at radius 3 is 0.729 bits per heavy atom. The Hall–Kier alpha value is -3.73. The summed E-state index contributed by atoms with van der Waals surface area (Å²) < 4.78 is 358. The van der Waals surface area contributed by atoms with Crippen molar-refractivity contribution in [1.29, 1.82) is 0 Å². The predicted molar refractivity (Wildman–Crippen MR) is 154 cm³/mol. The zero-order valence-electron chi connectivity index (χ0n) is 27.7. The lowest BCUT2D eigenvalue weighted by Gasteiger charge is -2.45. The van der Waals surface area contributed by atoms with Gasteiger partial charge in [0, 0.05) is 12.8 Å². The molecule has 0 N–H and O–H groups in total. The van der Waals surface area contributed by atoms with Gasteiger partial charge in [0.1, 0.15) is 0 Å². The molecule has 0 nitrogen and oxygen atoms in total. The van der Waals surface area contributed by atoms with E-state index in [2.05, 4.69) is 0 Å². The minimum atomic E-state index is -7.98. The number of benzene rings is 3. The van der Waals surface area contributed by atoms with Gasteiger partial charge in [-0.05, 0) is 35.0 Å². The molecule has 0 heterocycles. The molecule has 0 fully saturated rings. The quantitative estimate of drug-likeness (QED) is 0.133. The minimum absolute atomic E-state index is 0.00411. The normalized spacial score (nSPS) is 15.2. The van der Waals surface area contributed by atoms with Crippen LogP contribution < -0.4 is 15.9 Å². The van der Waals surface area contributed by atoms with E-state index in [1.54, 1.807) is 0 Å². The van der Waals surface area contributed by atoms with Gasteiger partial charge in [-0.25, -0.2) is 0 Å². The number of hydrogen-bond acceptors (Lipinski definition) is 0. The Labute approximate surface area is 312 Å². The maximum atomic E-state index is 14.6. The van der Waals surface area contributed by atoms with Gasteiger partial charge in [-0.3, -0.25) is 0 Å². The molecular formula is C32H17F26P. The highest BCUT2D eigenvalue weighted by atomic mass is 31.1. The molecule has 332 valence electrons. The van der Waals surface area contributed by atoms with Gasteiger partial charge in [0.15, 0.2) is 0 Å². The molecule has 0 aliphatic carbocycles. The molecule has 0 aliphatic rings. The zero-order chi connectivity index (χ0) is 46.1. The first-order chi connectivity index (χ1) is 26.1. The average Bonchev–Trinajstić information content (AvgIpc) is 3.04. The van der Waals surface area contributed by atoms with E-state index in [0.29, 0.717) is 24.3 Å². The van der Waals surface area contributed by atoms with Crippen molar-refractivity contribution in [3.63, 3.8) is 0 Å². The molecule has 3 aromatic rings. The van der Waals surface area contributed by atoms with E-state index in [4.69, 9.17) is 0 Å². The monoisotopic (exact) mass is 926 g/mol. The molecule has 0 atom stereocenters. The second-order valence-electron chi connectivity index (χ2n) is 12.5. The summed E-state index contributed by atoms with van der Waals surface area (Å²) >= 11 is 0. The lowest BCUT2D eigenvalue weighted by atomic mass is 9.71. The first-order valence-corrected chi connectivity index (χ1v) is 16.4. The summed E-state index contributed by atoms with van der Waals surface area (Å²) in [5.74, 6) is -31.9. The molecule has 3 rings (SSSR count). The van der Waals surface area contributed by atoms with Crippen LogP contribution in [0, 0.1) is 10.8 Å². The van der Waals surface area contributed by atoms with E-state index in [1.807, 2.05) is 0 Å². The van der Waals surface area contributed by atoms with E-state index in [-0.39, 0.29) is 40.2 Å². The second-order valence-corrected chi connectivity index (χ2v) is 14.7. The maximum absolute atomic E-state index is 14.6. The van der Waals surface area contributed by atoms with Crippen molar-refractivity contribution >= 4 is 23.8 Å². The third-order valence-corrected chi connectivity index (χ3v) is 11.3. The smallest absolute Gasteiger partial charge is 0.198 e. The molecule has 0 bridgehead atoms. The highest BCUT2D eigenvalue weighted by Gasteiger charge is 2.93. The molecule has 59 heavy (non-hydrogen) atoms. The van der Waals surface area contributed by atoms with Crippen LogP contribution in [0.2, 0.25) is 0 Å². The molecule has 0 radical (unpaired) electrons. The molecule has 0 saturated heterocycles. The van der Waals surface area contributed by atoms with Crippen molar-refractivity contribution in [3.05, 3.63) is 90.0 Å². The van der Waals surface area contributed by atoms with Crippen LogP contribution in [0.4, 0.5) is 114 Å². The van der Waals surface area contributed by atoms with Crippen molar-refractivity contribution in [1.82, 2.24) is 0 Å². The van der Waals surface area contributed by atoms with E-state index in [1.165, 1.54) is 30.3 Å². The Morgan fingerprint density at radius 2 is 0.508 bits per heavy atom. The van der Waals surface area contributed by atoms with Gasteiger partial charge in [-0.15, -0.1) is 0 Å². The fraction of sp³-hybridized carbons (Fsp3) is 0.438. The van der Waals surface area contributed by atoms with Crippen molar-refractivity contribution in [3.8, 4) is 0 Å². The zero-order valence-corrected chi connectivity index (χ0v) is 28.6. The van der Waals surface area contributed by atoms with Crippen LogP contribution in [0.15, 0.2) is 78.9 Å². The molecule has 3 aromatic carbocycles. The van der Waals surface area contributed by atoms with Gasteiger partial charge in [-0.2, -0.15) is 114 Å². The average molecular weight is 926 g/mol. The summed E-state index contributed by atoms with van der Waals surface area (Å²) in [7, 11) is -2.46. The van der Waals surface area contributed by atoms with Crippen molar-refractivity contribution in [2.75, 3.05) is 0 Å². The highest BCUT2D eigenvalue weighted by molar-refractivity contribution is 7.79. The van der Waals surface area contributed by atoms with Gasteiger partial charge in [0.05, 0.1) is 0 Å². The molecular weight excluding hydrogens is 909 g/mol. The second kappa shape index (κ2) is 15.0. The third kappa shape index (κ3) is 7.98. The molecule has 0 saturated carbocycles. The van der Waals surface area contributed by atoms with Crippen LogP contribution in [0.25, 0.3) is 0 Å². The van der Waals surface area contributed by atoms with Crippen LogP contribution in [0.1, 0.15) is 11.1 Å². The molecule has 0 aromatic heterocycles. The first kappa shape index (κ1) is 49.6. The number of halogens is 26. The standard InChI is InChI=1S/C32H17F26P/c33-23(34,25(37,38)31(53,54)55)21(27(41,42)43,28(44,45)46)14-16-6-10-19(11-7-16)59(18-4-2-1-3-5-18)20-12-8-17(9-13-20)15-22(29(47,48)49,30(50,51)52)24(35,36)26(39,40)32(56,57)58/h1-13H,14-15H2. The fourth-order valence-corrected chi connectivity index (χ4v) is 7.97. The van der Waals surface area contributed by atoms with E-state index >= 15 is 0 Å². The molecule has 0 amide bonds. The maximum Gasteiger partial charge on any atom is 0.459 e. The largest absolute Gasteiger partial charge is 0.459 e. The van der Waals surface area contributed by atoms with Crippen LogP contribution in [-0.4, -0.2) is 60.7 Å². The summed E-state index contributed by atoms with van der Waals surface area (Å²) in [5, 5.41) is -0.734. The minimum Gasteiger partial charge on any atom is -0.198 e. The Balaban J connectivity index is 2.23. The number of hydrogen-bond donors (Lipinski definition) is 0. The van der Waals surface area contributed by atoms with Crippen LogP contribution in [-0.2, 0) is 12.8 Å². The highest BCUT2D eigenvalue weighted by Crippen LogP contribution is 2.68. The lowest BCUT2D eigenvalue weighted by Crippen LogP contribution is -2.71. The van der Waals surface area contributed by atoms with Gasteiger partial charge < -0.3 is 0 Å². The SMILES string of the molecule is FC(F)(F)C(F)(F)C(F)(F)C(Cc1ccc(P(c2ccccc2)c2ccc(CC(C(F)(F)F)(C(F)(F)F)C(F)(F)C(F)(F)C(F)(F)F)cc2)cc1)(C(F)(F)F)C(F)(F)F. The fourth-order valence-electron chi connectivity index (χ4n) is 5.71. The van der Waals surface area contributed by atoms with Gasteiger partial charge in [-0.1, -0.05) is 78.9 Å². The molecule has 0 spiro atoms. The van der Waals surface area contributed by atoms with Crippen molar-refractivity contribution in [2.45, 2.75) is 73.6 Å². The van der Waals surface area contributed by atoms with Gasteiger partial charge in [0.25, 0.3) is 0 Å². The van der Waals surface area contributed by atoms with E-state index in [9.17, 15) is 114 Å².